The fourth-order valence-corrected chi connectivity index (χ4v) is 1.32. The van der Waals surface area contributed by atoms with Crippen LogP contribution in [-0.4, -0.2) is 31.9 Å². The van der Waals surface area contributed by atoms with Gasteiger partial charge >= 0.3 is 7.12 Å². The van der Waals surface area contributed by atoms with Crippen molar-refractivity contribution in [2.45, 2.75) is 6.92 Å². The van der Waals surface area contributed by atoms with E-state index in [9.17, 15) is 0 Å². The Hall–Kier alpha value is -1.66. The lowest BCUT2D eigenvalue weighted by atomic mass is 9.83. The topological polar surface area (TPSA) is 71.2 Å². The molecule has 0 fully saturated rings. The van der Waals surface area contributed by atoms with Crippen LogP contribution in [0.1, 0.15) is 5.69 Å². The number of hydrogen-bond acceptors (Lipinski definition) is 4. The molecule has 2 N–H and O–H groups in total. The van der Waals surface area contributed by atoms with Crippen LogP contribution < -0.4 is 5.46 Å². The van der Waals surface area contributed by atoms with Gasteiger partial charge in [0.15, 0.2) is 0 Å². The first kappa shape index (κ1) is 9.88. The molecule has 2 aromatic heterocycles. The predicted octanol–water partition coefficient (Wildman–Crippen LogP) is -0.744. The second kappa shape index (κ2) is 3.84. The minimum Gasteiger partial charge on any atom is -0.423 e. The van der Waals surface area contributed by atoms with E-state index >= 15 is 0 Å². The molecule has 0 amide bonds. The Morgan fingerprint density at radius 3 is 2.80 bits per heavy atom. The summed E-state index contributed by atoms with van der Waals surface area (Å²) in [6.45, 7) is 1.87. The van der Waals surface area contributed by atoms with Gasteiger partial charge in [0.25, 0.3) is 0 Å². The second-order valence-corrected chi connectivity index (χ2v) is 3.20. The first-order valence-electron chi connectivity index (χ1n) is 4.51. The summed E-state index contributed by atoms with van der Waals surface area (Å²) in [6, 6.07) is 3.67. The Labute approximate surface area is 87.2 Å². The fraction of sp³-hybridized carbons (Fsp3) is 0.111. The zero-order valence-electron chi connectivity index (χ0n) is 8.20. The molecule has 15 heavy (non-hydrogen) atoms. The molecule has 0 saturated heterocycles. The molecule has 0 aromatic carbocycles. The van der Waals surface area contributed by atoms with Crippen LogP contribution in [0.25, 0.3) is 5.69 Å². The maximum Gasteiger partial charge on any atom is 0.491 e. The standard InChI is InChI=1S/C9H10BN3O2/c1-7-9(3-2-4-11-7)13-6-8(5-12-13)10(14)15/h2-6,14-15H,1H3. The van der Waals surface area contributed by atoms with Crippen LogP contribution in [0.5, 0.6) is 0 Å². The highest BCUT2D eigenvalue weighted by molar-refractivity contribution is 6.58. The lowest BCUT2D eigenvalue weighted by molar-refractivity contribution is 0.426. The highest BCUT2D eigenvalue weighted by Crippen LogP contribution is 2.07. The van der Waals surface area contributed by atoms with Crippen molar-refractivity contribution in [2.75, 3.05) is 0 Å². The molecule has 2 aromatic rings. The summed E-state index contributed by atoms with van der Waals surface area (Å²) in [4.78, 5) is 4.12. The predicted molar refractivity (Wildman–Crippen MR) is 55.9 cm³/mol. The zero-order valence-corrected chi connectivity index (χ0v) is 8.20. The van der Waals surface area contributed by atoms with Crippen LogP contribution in [0.2, 0.25) is 0 Å². The number of rotatable bonds is 2. The van der Waals surface area contributed by atoms with Crippen molar-refractivity contribution in [3.05, 3.63) is 36.4 Å². The van der Waals surface area contributed by atoms with E-state index in [1.165, 1.54) is 6.20 Å². The van der Waals surface area contributed by atoms with Gasteiger partial charge in [-0.15, -0.1) is 0 Å². The largest absolute Gasteiger partial charge is 0.491 e. The molecule has 2 heterocycles. The quantitative estimate of drug-likeness (QED) is 0.630. The van der Waals surface area contributed by atoms with Crippen LogP contribution >= 0.6 is 0 Å². The van der Waals surface area contributed by atoms with Crippen LogP contribution in [-0.2, 0) is 0 Å². The van der Waals surface area contributed by atoms with Gasteiger partial charge < -0.3 is 10.0 Å². The molecule has 0 spiro atoms. The summed E-state index contributed by atoms with van der Waals surface area (Å²) in [5, 5.41) is 21.9. The minimum absolute atomic E-state index is 0.359. The van der Waals surface area contributed by atoms with Crippen molar-refractivity contribution in [2.24, 2.45) is 0 Å². The molecular weight excluding hydrogens is 193 g/mol. The third kappa shape index (κ3) is 1.90. The van der Waals surface area contributed by atoms with E-state index in [0.717, 1.165) is 11.4 Å². The summed E-state index contributed by atoms with van der Waals surface area (Å²) in [7, 11) is -1.49. The number of aryl methyl sites for hydroxylation is 1. The van der Waals surface area contributed by atoms with Gasteiger partial charge in [-0.3, -0.25) is 4.98 Å². The van der Waals surface area contributed by atoms with E-state index in [0.29, 0.717) is 5.46 Å². The minimum atomic E-state index is -1.49. The second-order valence-electron chi connectivity index (χ2n) is 3.20. The summed E-state index contributed by atoms with van der Waals surface area (Å²) >= 11 is 0. The van der Waals surface area contributed by atoms with Crippen molar-refractivity contribution >= 4 is 12.6 Å². The Bertz CT molecular complexity index is 470. The van der Waals surface area contributed by atoms with Gasteiger partial charge in [0.2, 0.25) is 0 Å². The first-order valence-corrected chi connectivity index (χ1v) is 4.51. The van der Waals surface area contributed by atoms with Gasteiger partial charge in [-0.2, -0.15) is 5.10 Å². The third-order valence-corrected chi connectivity index (χ3v) is 2.13. The molecular formula is C9H10BN3O2. The number of hydrogen-bond donors (Lipinski definition) is 2. The Morgan fingerprint density at radius 2 is 2.20 bits per heavy atom. The molecule has 5 nitrogen and oxygen atoms in total. The summed E-state index contributed by atoms with van der Waals surface area (Å²) in [5.41, 5.74) is 2.02. The molecule has 0 bridgehead atoms. The highest BCUT2D eigenvalue weighted by atomic mass is 16.4. The van der Waals surface area contributed by atoms with E-state index in [1.54, 1.807) is 23.1 Å². The lowest BCUT2D eigenvalue weighted by Crippen LogP contribution is -2.28. The highest BCUT2D eigenvalue weighted by Gasteiger charge is 2.14. The molecule has 76 valence electrons. The Balaban J connectivity index is 2.42. The van der Waals surface area contributed by atoms with Crippen LogP contribution in [0, 0.1) is 6.92 Å². The Kier molecular flexibility index (Phi) is 2.53. The van der Waals surface area contributed by atoms with Gasteiger partial charge in [-0.25, -0.2) is 4.68 Å². The van der Waals surface area contributed by atoms with E-state index in [1.807, 2.05) is 13.0 Å². The van der Waals surface area contributed by atoms with Crippen LogP contribution in [0.3, 0.4) is 0 Å². The normalized spacial score (nSPS) is 10.3. The van der Waals surface area contributed by atoms with Crippen molar-refractivity contribution < 1.29 is 10.0 Å². The van der Waals surface area contributed by atoms with E-state index < -0.39 is 7.12 Å². The molecule has 0 atom stereocenters. The van der Waals surface area contributed by atoms with Gasteiger partial charge in [0.05, 0.1) is 11.4 Å². The van der Waals surface area contributed by atoms with Crippen LogP contribution in [0.15, 0.2) is 30.7 Å². The average molecular weight is 203 g/mol. The molecule has 2 rings (SSSR count). The van der Waals surface area contributed by atoms with Gasteiger partial charge in [0, 0.05) is 24.1 Å². The molecule has 0 saturated carbocycles. The summed E-state index contributed by atoms with van der Waals surface area (Å²) in [5.74, 6) is 0. The molecule has 6 heteroatoms. The molecule has 0 aliphatic carbocycles. The monoisotopic (exact) mass is 203 g/mol. The van der Waals surface area contributed by atoms with E-state index in [2.05, 4.69) is 10.1 Å². The number of pyridine rings is 1. The summed E-state index contributed by atoms with van der Waals surface area (Å²) < 4.78 is 1.57. The smallest absolute Gasteiger partial charge is 0.423 e. The lowest BCUT2D eigenvalue weighted by Gasteiger charge is -2.03. The molecule has 0 radical (unpaired) electrons. The van der Waals surface area contributed by atoms with E-state index in [-0.39, 0.29) is 0 Å². The maximum atomic E-state index is 8.94. The molecule has 0 aliphatic rings. The van der Waals surface area contributed by atoms with Crippen molar-refractivity contribution in [1.82, 2.24) is 14.8 Å². The van der Waals surface area contributed by atoms with Crippen molar-refractivity contribution in [1.29, 1.82) is 0 Å². The van der Waals surface area contributed by atoms with E-state index in [4.69, 9.17) is 10.0 Å². The fourth-order valence-electron chi connectivity index (χ4n) is 1.32. The van der Waals surface area contributed by atoms with Crippen molar-refractivity contribution in [3.8, 4) is 5.69 Å². The number of aromatic nitrogens is 3. The molecule has 0 aliphatic heterocycles. The van der Waals surface area contributed by atoms with Gasteiger partial charge in [-0.1, -0.05) is 0 Å². The maximum absolute atomic E-state index is 8.94. The first-order chi connectivity index (χ1) is 7.18. The Morgan fingerprint density at radius 1 is 1.40 bits per heavy atom. The van der Waals surface area contributed by atoms with Gasteiger partial charge in [0.1, 0.15) is 0 Å². The van der Waals surface area contributed by atoms with Crippen molar-refractivity contribution in [3.63, 3.8) is 0 Å². The zero-order chi connectivity index (χ0) is 10.8. The SMILES string of the molecule is Cc1ncccc1-n1cc(B(O)O)cn1. The van der Waals surface area contributed by atoms with Crippen LogP contribution in [0.4, 0.5) is 0 Å². The van der Waals surface area contributed by atoms with Gasteiger partial charge in [-0.05, 0) is 19.1 Å². The third-order valence-electron chi connectivity index (χ3n) is 2.13. The number of nitrogens with zero attached hydrogens (tertiary/aromatic N) is 3. The summed E-state index contributed by atoms with van der Waals surface area (Å²) in [6.07, 6.45) is 4.68. The molecule has 0 unspecified atom stereocenters. The average Bonchev–Trinajstić information content (AvgIpc) is 2.67.